The van der Waals surface area contributed by atoms with E-state index in [0.29, 0.717) is 13.1 Å². The van der Waals surface area contributed by atoms with Crippen LogP contribution in [0.5, 0.6) is 0 Å². The van der Waals surface area contributed by atoms with E-state index in [9.17, 15) is 4.79 Å². The SMILES string of the molecule is CC(C)C(=O)N1CCN(c2ncnc3c2oc2ccccc23)CC1. The molecule has 1 amide bonds. The zero-order chi connectivity index (χ0) is 16.7. The molecule has 6 heteroatoms. The Hall–Kier alpha value is -2.63. The highest BCUT2D eigenvalue weighted by molar-refractivity contribution is 6.05. The molecular formula is C18H20N4O2. The molecule has 3 aromatic rings. The van der Waals surface area contributed by atoms with Crippen molar-refractivity contribution in [1.82, 2.24) is 14.9 Å². The first kappa shape index (κ1) is 14.9. The molecule has 1 aliphatic heterocycles. The van der Waals surface area contributed by atoms with Gasteiger partial charge in [-0.2, -0.15) is 0 Å². The molecule has 4 rings (SSSR count). The second kappa shape index (κ2) is 5.78. The van der Waals surface area contributed by atoms with Crippen LogP contribution in [0.3, 0.4) is 0 Å². The highest BCUT2D eigenvalue weighted by Crippen LogP contribution is 2.32. The lowest BCUT2D eigenvalue weighted by Crippen LogP contribution is -2.50. The number of fused-ring (bicyclic) bond motifs is 3. The maximum atomic E-state index is 12.1. The van der Waals surface area contributed by atoms with Crippen molar-refractivity contribution in [2.45, 2.75) is 13.8 Å². The molecular weight excluding hydrogens is 304 g/mol. The van der Waals surface area contributed by atoms with E-state index in [-0.39, 0.29) is 11.8 Å². The highest BCUT2D eigenvalue weighted by atomic mass is 16.3. The van der Waals surface area contributed by atoms with E-state index < -0.39 is 0 Å². The van der Waals surface area contributed by atoms with E-state index in [0.717, 1.165) is 41.0 Å². The van der Waals surface area contributed by atoms with Crippen LogP contribution in [0.4, 0.5) is 5.82 Å². The number of amides is 1. The lowest BCUT2D eigenvalue weighted by Gasteiger charge is -2.36. The molecule has 1 aromatic carbocycles. The number of furan rings is 1. The zero-order valence-corrected chi connectivity index (χ0v) is 13.9. The van der Waals surface area contributed by atoms with Gasteiger partial charge in [-0.3, -0.25) is 4.79 Å². The van der Waals surface area contributed by atoms with Gasteiger partial charge < -0.3 is 14.2 Å². The van der Waals surface area contributed by atoms with E-state index >= 15 is 0 Å². The lowest BCUT2D eigenvalue weighted by atomic mass is 10.1. The van der Waals surface area contributed by atoms with E-state index in [1.54, 1.807) is 6.33 Å². The van der Waals surface area contributed by atoms with Gasteiger partial charge in [0.25, 0.3) is 0 Å². The van der Waals surface area contributed by atoms with E-state index in [1.807, 2.05) is 43.0 Å². The largest absolute Gasteiger partial charge is 0.450 e. The average Bonchev–Trinajstić information content (AvgIpc) is 3.00. The fourth-order valence-corrected chi connectivity index (χ4v) is 3.24. The maximum absolute atomic E-state index is 12.1. The van der Waals surface area contributed by atoms with E-state index in [2.05, 4.69) is 14.9 Å². The van der Waals surface area contributed by atoms with Crippen LogP contribution >= 0.6 is 0 Å². The summed E-state index contributed by atoms with van der Waals surface area (Å²) < 4.78 is 6.00. The molecule has 1 fully saturated rings. The third-order valence-corrected chi connectivity index (χ3v) is 4.52. The van der Waals surface area contributed by atoms with Gasteiger partial charge in [-0.25, -0.2) is 9.97 Å². The van der Waals surface area contributed by atoms with Crippen LogP contribution in [-0.4, -0.2) is 47.0 Å². The second-order valence-corrected chi connectivity index (χ2v) is 6.44. The Bertz CT molecular complexity index is 894. The number of para-hydroxylation sites is 1. The summed E-state index contributed by atoms with van der Waals surface area (Å²) in [5.41, 5.74) is 2.39. The number of piperazine rings is 1. The minimum atomic E-state index is 0.0395. The van der Waals surface area contributed by atoms with Crippen molar-refractivity contribution in [3.05, 3.63) is 30.6 Å². The Morgan fingerprint density at radius 2 is 1.88 bits per heavy atom. The van der Waals surface area contributed by atoms with Gasteiger partial charge in [0, 0.05) is 37.5 Å². The molecule has 0 radical (unpaired) electrons. The summed E-state index contributed by atoms with van der Waals surface area (Å²) in [4.78, 5) is 25.1. The van der Waals surface area contributed by atoms with Gasteiger partial charge in [0.05, 0.1) is 0 Å². The van der Waals surface area contributed by atoms with Crippen LogP contribution < -0.4 is 4.90 Å². The highest BCUT2D eigenvalue weighted by Gasteiger charge is 2.25. The summed E-state index contributed by atoms with van der Waals surface area (Å²) in [5.74, 6) is 1.07. The first-order valence-electron chi connectivity index (χ1n) is 8.31. The topological polar surface area (TPSA) is 62.5 Å². The van der Waals surface area contributed by atoms with E-state index in [1.165, 1.54) is 0 Å². The summed E-state index contributed by atoms with van der Waals surface area (Å²) in [6.45, 7) is 6.81. The summed E-state index contributed by atoms with van der Waals surface area (Å²) >= 11 is 0. The zero-order valence-electron chi connectivity index (χ0n) is 13.9. The van der Waals surface area contributed by atoms with Crippen molar-refractivity contribution in [3.8, 4) is 0 Å². The van der Waals surface area contributed by atoms with Gasteiger partial charge in [0.15, 0.2) is 11.4 Å². The Morgan fingerprint density at radius 1 is 1.12 bits per heavy atom. The molecule has 124 valence electrons. The number of nitrogens with zero attached hydrogens (tertiary/aromatic N) is 4. The predicted molar refractivity (Wildman–Crippen MR) is 92.9 cm³/mol. The van der Waals surface area contributed by atoms with Gasteiger partial charge in [-0.15, -0.1) is 0 Å². The minimum absolute atomic E-state index is 0.0395. The number of aromatic nitrogens is 2. The van der Waals surface area contributed by atoms with Gasteiger partial charge in [-0.05, 0) is 12.1 Å². The summed E-state index contributed by atoms with van der Waals surface area (Å²) in [7, 11) is 0. The number of benzene rings is 1. The molecule has 0 atom stereocenters. The predicted octanol–water partition coefficient (Wildman–Crippen LogP) is 2.68. The van der Waals surface area contributed by atoms with Crippen molar-refractivity contribution >= 4 is 33.8 Å². The first-order chi connectivity index (χ1) is 11.6. The molecule has 0 aliphatic carbocycles. The molecule has 0 bridgehead atoms. The van der Waals surface area contributed by atoms with Crippen molar-refractivity contribution < 1.29 is 9.21 Å². The van der Waals surface area contributed by atoms with Gasteiger partial charge >= 0.3 is 0 Å². The normalized spacial score (nSPS) is 15.6. The molecule has 0 N–H and O–H groups in total. The molecule has 2 aromatic heterocycles. The summed E-state index contributed by atoms with van der Waals surface area (Å²) in [6.07, 6.45) is 1.59. The fourth-order valence-electron chi connectivity index (χ4n) is 3.24. The number of hydrogen-bond acceptors (Lipinski definition) is 5. The third-order valence-electron chi connectivity index (χ3n) is 4.52. The van der Waals surface area contributed by atoms with Gasteiger partial charge in [0.2, 0.25) is 5.91 Å². The van der Waals surface area contributed by atoms with Gasteiger partial charge in [0.1, 0.15) is 17.4 Å². The van der Waals surface area contributed by atoms with Crippen molar-refractivity contribution in [2.75, 3.05) is 31.1 Å². The second-order valence-electron chi connectivity index (χ2n) is 6.44. The quantitative estimate of drug-likeness (QED) is 0.725. The average molecular weight is 324 g/mol. The van der Waals surface area contributed by atoms with Crippen molar-refractivity contribution in [3.63, 3.8) is 0 Å². The van der Waals surface area contributed by atoms with Crippen LogP contribution in [0.25, 0.3) is 22.1 Å². The number of rotatable bonds is 2. The number of hydrogen-bond donors (Lipinski definition) is 0. The van der Waals surface area contributed by atoms with Crippen LogP contribution in [-0.2, 0) is 4.79 Å². The van der Waals surface area contributed by atoms with Crippen molar-refractivity contribution in [1.29, 1.82) is 0 Å². The molecule has 3 heterocycles. The molecule has 1 saturated heterocycles. The van der Waals surface area contributed by atoms with Crippen LogP contribution in [0.1, 0.15) is 13.8 Å². The van der Waals surface area contributed by atoms with Crippen LogP contribution in [0.2, 0.25) is 0 Å². The molecule has 6 nitrogen and oxygen atoms in total. The molecule has 1 aliphatic rings. The minimum Gasteiger partial charge on any atom is -0.450 e. The first-order valence-corrected chi connectivity index (χ1v) is 8.31. The summed E-state index contributed by atoms with van der Waals surface area (Å²) in [5, 5.41) is 1.00. The smallest absolute Gasteiger partial charge is 0.225 e. The Balaban J connectivity index is 1.65. The van der Waals surface area contributed by atoms with Crippen LogP contribution in [0.15, 0.2) is 35.0 Å². The fraction of sp³-hybridized carbons (Fsp3) is 0.389. The molecule has 24 heavy (non-hydrogen) atoms. The third kappa shape index (κ3) is 2.38. The van der Waals surface area contributed by atoms with Crippen molar-refractivity contribution in [2.24, 2.45) is 5.92 Å². The number of anilines is 1. The maximum Gasteiger partial charge on any atom is 0.225 e. The number of carbonyl (C=O) groups is 1. The molecule has 0 spiro atoms. The van der Waals surface area contributed by atoms with E-state index in [4.69, 9.17) is 4.42 Å². The summed E-state index contributed by atoms with van der Waals surface area (Å²) in [6, 6.07) is 7.89. The monoisotopic (exact) mass is 324 g/mol. The Kier molecular flexibility index (Phi) is 3.59. The standard InChI is InChI=1S/C18H20N4O2/c1-12(2)18(23)22-9-7-21(8-10-22)17-16-15(19-11-20-17)13-5-3-4-6-14(13)24-16/h3-6,11-12H,7-10H2,1-2H3. The van der Waals surface area contributed by atoms with Crippen LogP contribution in [0, 0.1) is 5.92 Å². The Morgan fingerprint density at radius 3 is 2.62 bits per heavy atom. The van der Waals surface area contributed by atoms with Gasteiger partial charge in [-0.1, -0.05) is 26.0 Å². The molecule has 0 saturated carbocycles. The molecule has 0 unspecified atom stereocenters. The lowest BCUT2D eigenvalue weighted by molar-refractivity contribution is -0.134. The number of carbonyl (C=O) groups excluding carboxylic acids is 1. The Labute approximate surface area is 140 Å².